The fourth-order valence-electron chi connectivity index (χ4n) is 3.94. The molecule has 1 atom stereocenters. The van der Waals surface area contributed by atoms with Crippen LogP contribution in [-0.4, -0.2) is 47.4 Å². The van der Waals surface area contributed by atoms with Crippen LogP contribution in [0.1, 0.15) is 28.3 Å². The van der Waals surface area contributed by atoms with E-state index >= 15 is 0 Å². The molecule has 0 bridgehead atoms. The number of thiophene rings is 1. The third-order valence-corrected chi connectivity index (χ3v) is 7.17. The summed E-state index contributed by atoms with van der Waals surface area (Å²) in [5.74, 6) is 1.52. The number of nitrogens with zero attached hydrogens (tertiary/aromatic N) is 3. The number of aromatic nitrogens is 1. The summed E-state index contributed by atoms with van der Waals surface area (Å²) >= 11 is 3.34. The van der Waals surface area contributed by atoms with Gasteiger partial charge >= 0.3 is 0 Å². The van der Waals surface area contributed by atoms with Gasteiger partial charge in [0, 0.05) is 42.0 Å². The first kappa shape index (κ1) is 22.0. The first-order chi connectivity index (χ1) is 15.2. The highest BCUT2D eigenvalue weighted by Gasteiger charge is 2.24. The number of likely N-dealkylation sites (tertiary alicyclic amines) is 1. The number of rotatable bonds is 9. The van der Waals surface area contributed by atoms with E-state index in [1.54, 1.807) is 22.7 Å². The predicted octanol–water partition coefficient (Wildman–Crippen LogP) is 4.70. The molecule has 1 aliphatic heterocycles. The zero-order valence-corrected chi connectivity index (χ0v) is 19.5. The highest BCUT2D eigenvalue weighted by atomic mass is 32.1. The summed E-state index contributed by atoms with van der Waals surface area (Å²) in [5.41, 5.74) is 1.26. The van der Waals surface area contributed by atoms with Crippen molar-refractivity contribution in [2.24, 2.45) is 5.92 Å². The van der Waals surface area contributed by atoms with E-state index in [0.29, 0.717) is 18.9 Å². The lowest BCUT2D eigenvalue weighted by molar-refractivity contribution is -0.132. The highest BCUT2D eigenvalue weighted by Crippen LogP contribution is 2.21. The average Bonchev–Trinajstić information content (AvgIpc) is 3.48. The summed E-state index contributed by atoms with van der Waals surface area (Å²) in [4.78, 5) is 22.4. The monoisotopic (exact) mass is 455 g/mol. The van der Waals surface area contributed by atoms with Crippen molar-refractivity contribution in [1.29, 1.82) is 0 Å². The minimum absolute atomic E-state index is 0.235. The van der Waals surface area contributed by atoms with Crippen LogP contribution in [0.3, 0.4) is 0 Å². The van der Waals surface area contributed by atoms with Gasteiger partial charge in [0.15, 0.2) is 0 Å². The van der Waals surface area contributed by atoms with E-state index in [1.807, 2.05) is 34.0 Å². The van der Waals surface area contributed by atoms with Gasteiger partial charge in [0.1, 0.15) is 10.8 Å². The maximum Gasteiger partial charge on any atom is 0.227 e. The molecule has 0 aliphatic carbocycles. The third kappa shape index (κ3) is 6.63. The van der Waals surface area contributed by atoms with Gasteiger partial charge in [-0.05, 0) is 49.0 Å². The van der Waals surface area contributed by atoms with Crippen molar-refractivity contribution in [2.75, 3.05) is 26.7 Å². The van der Waals surface area contributed by atoms with E-state index in [9.17, 15) is 4.79 Å². The number of hydrogen-bond acceptors (Lipinski definition) is 6. The minimum Gasteiger partial charge on any atom is -0.493 e. The van der Waals surface area contributed by atoms with Crippen LogP contribution in [0.4, 0.5) is 0 Å². The Balaban J connectivity index is 1.21. The Hall–Kier alpha value is -2.22. The maximum absolute atomic E-state index is 12.6. The molecule has 3 heterocycles. The van der Waals surface area contributed by atoms with Crippen molar-refractivity contribution in [3.63, 3.8) is 0 Å². The second kappa shape index (κ2) is 10.9. The number of amides is 1. The fraction of sp³-hybridized carbons (Fsp3) is 0.417. The summed E-state index contributed by atoms with van der Waals surface area (Å²) in [7, 11) is 2.11. The van der Waals surface area contributed by atoms with Crippen LogP contribution in [0, 0.1) is 5.92 Å². The molecule has 1 unspecified atom stereocenters. The molecule has 0 radical (unpaired) electrons. The average molecular weight is 456 g/mol. The first-order valence-electron chi connectivity index (χ1n) is 10.7. The number of thiazole rings is 1. The second-order valence-corrected chi connectivity index (χ2v) is 10.2. The van der Waals surface area contributed by atoms with Gasteiger partial charge in [0.05, 0.1) is 19.6 Å². The summed E-state index contributed by atoms with van der Waals surface area (Å²) in [6.07, 6.45) is 4.53. The van der Waals surface area contributed by atoms with Crippen LogP contribution < -0.4 is 4.74 Å². The first-order valence-corrected chi connectivity index (χ1v) is 12.5. The van der Waals surface area contributed by atoms with Crippen molar-refractivity contribution >= 4 is 28.6 Å². The molecule has 31 heavy (non-hydrogen) atoms. The van der Waals surface area contributed by atoms with Gasteiger partial charge in [-0.1, -0.05) is 18.2 Å². The Kier molecular flexibility index (Phi) is 7.72. The smallest absolute Gasteiger partial charge is 0.227 e. The number of carbonyl (C=O) groups is 1. The van der Waals surface area contributed by atoms with E-state index in [-0.39, 0.29) is 5.91 Å². The van der Waals surface area contributed by atoms with Gasteiger partial charge in [0.2, 0.25) is 5.91 Å². The summed E-state index contributed by atoms with van der Waals surface area (Å²) < 4.78 is 6.07. The Morgan fingerprint density at radius 1 is 1.19 bits per heavy atom. The third-order valence-electron chi connectivity index (χ3n) is 5.53. The van der Waals surface area contributed by atoms with Gasteiger partial charge < -0.3 is 9.64 Å². The minimum atomic E-state index is 0.235. The van der Waals surface area contributed by atoms with Gasteiger partial charge in [0.25, 0.3) is 0 Å². The molecule has 164 valence electrons. The van der Waals surface area contributed by atoms with E-state index in [4.69, 9.17) is 4.74 Å². The highest BCUT2D eigenvalue weighted by molar-refractivity contribution is 7.10. The number of hydrogen-bond donors (Lipinski definition) is 0. The molecule has 1 amide bonds. The summed E-state index contributed by atoms with van der Waals surface area (Å²) in [6.45, 7) is 4.06. The van der Waals surface area contributed by atoms with E-state index in [2.05, 4.69) is 41.2 Å². The van der Waals surface area contributed by atoms with Gasteiger partial charge in [-0.3, -0.25) is 9.69 Å². The van der Waals surface area contributed by atoms with Crippen LogP contribution >= 0.6 is 22.7 Å². The normalized spacial score (nSPS) is 16.6. The van der Waals surface area contributed by atoms with E-state index < -0.39 is 0 Å². The summed E-state index contributed by atoms with van der Waals surface area (Å²) in [6, 6.07) is 12.4. The Bertz CT molecular complexity index is 926. The van der Waals surface area contributed by atoms with Gasteiger partial charge in [-0.2, -0.15) is 0 Å². The molecule has 1 aromatic carbocycles. The molecule has 0 spiro atoms. The van der Waals surface area contributed by atoms with Crippen molar-refractivity contribution in [3.8, 4) is 5.75 Å². The Morgan fingerprint density at radius 3 is 2.81 bits per heavy atom. The van der Waals surface area contributed by atoms with Crippen LogP contribution in [0.5, 0.6) is 5.75 Å². The number of carbonyl (C=O) groups excluding carboxylic acids is 1. The standard InChI is InChI=1S/C24H29N3O2S2/c1-26(17-23-25-10-13-31-23)15-19-6-8-21(9-7-19)29-18-20-4-2-11-27(16-20)24(28)14-22-5-3-12-30-22/h3,5-10,12-13,20H,2,4,11,14-18H2,1H3. The zero-order chi connectivity index (χ0) is 21.5. The molecule has 3 aromatic rings. The quantitative estimate of drug-likeness (QED) is 0.469. The Morgan fingerprint density at radius 2 is 2.06 bits per heavy atom. The Labute approximate surface area is 192 Å². The molecule has 7 heteroatoms. The number of ether oxygens (including phenoxy) is 1. The van der Waals surface area contributed by atoms with Crippen molar-refractivity contribution < 1.29 is 9.53 Å². The van der Waals surface area contributed by atoms with Crippen LogP contribution in [0.2, 0.25) is 0 Å². The molecular formula is C24H29N3O2S2. The topological polar surface area (TPSA) is 45.7 Å². The van der Waals surface area contributed by atoms with Gasteiger partial charge in [-0.15, -0.1) is 22.7 Å². The lowest BCUT2D eigenvalue weighted by Gasteiger charge is -2.32. The van der Waals surface area contributed by atoms with Crippen molar-refractivity contribution in [3.05, 3.63) is 68.8 Å². The summed E-state index contributed by atoms with van der Waals surface area (Å²) in [5, 5.41) is 5.18. The largest absolute Gasteiger partial charge is 0.493 e. The number of benzene rings is 1. The lowest BCUT2D eigenvalue weighted by Crippen LogP contribution is -2.42. The lowest BCUT2D eigenvalue weighted by atomic mass is 9.98. The van der Waals surface area contributed by atoms with Crippen LogP contribution in [0.15, 0.2) is 53.4 Å². The van der Waals surface area contributed by atoms with Crippen molar-refractivity contribution in [1.82, 2.24) is 14.8 Å². The molecule has 0 saturated carbocycles. The van der Waals surface area contributed by atoms with E-state index in [1.165, 1.54) is 5.56 Å². The van der Waals surface area contributed by atoms with E-state index in [0.717, 1.165) is 54.7 Å². The zero-order valence-electron chi connectivity index (χ0n) is 17.9. The molecule has 1 saturated heterocycles. The van der Waals surface area contributed by atoms with Crippen LogP contribution in [0.25, 0.3) is 0 Å². The van der Waals surface area contributed by atoms with Gasteiger partial charge in [-0.25, -0.2) is 4.98 Å². The predicted molar refractivity (Wildman–Crippen MR) is 127 cm³/mol. The fourth-order valence-corrected chi connectivity index (χ4v) is 5.33. The van der Waals surface area contributed by atoms with Crippen LogP contribution in [-0.2, 0) is 24.3 Å². The second-order valence-electron chi connectivity index (χ2n) is 8.16. The molecule has 5 nitrogen and oxygen atoms in total. The molecule has 4 rings (SSSR count). The maximum atomic E-state index is 12.6. The molecular weight excluding hydrogens is 426 g/mol. The molecule has 0 N–H and O–H groups in total. The SMILES string of the molecule is CN(Cc1ccc(OCC2CCCN(C(=O)Cc3cccs3)C2)cc1)Cc1nccs1. The molecule has 2 aromatic heterocycles. The molecule has 1 aliphatic rings. The molecule has 1 fully saturated rings. The van der Waals surface area contributed by atoms with Crippen molar-refractivity contribution in [2.45, 2.75) is 32.4 Å². The number of piperidine rings is 1.